The monoisotopic (exact) mass is 489 g/mol. The Morgan fingerprint density at radius 1 is 0.972 bits per heavy atom. The van der Waals surface area contributed by atoms with Crippen molar-refractivity contribution >= 4 is 11.5 Å². The second-order valence-electron chi connectivity index (χ2n) is 11.6. The normalized spacial score (nSPS) is 22.7. The second kappa shape index (κ2) is 12.1. The average Bonchev–Trinajstić information content (AvgIpc) is 2.88. The van der Waals surface area contributed by atoms with Crippen molar-refractivity contribution in [3.8, 4) is 11.4 Å². The van der Waals surface area contributed by atoms with Gasteiger partial charge in [0.05, 0.1) is 6.54 Å². The fourth-order valence-electron chi connectivity index (χ4n) is 5.71. The Morgan fingerprint density at radius 2 is 1.67 bits per heavy atom. The molecule has 0 aliphatic heterocycles. The summed E-state index contributed by atoms with van der Waals surface area (Å²) in [6.07, 6.45) is 17.2. The first kappa shape index (κ1) is 26.5. The number of carbonyl (C=O) groups excluding carboxylic acids is 1. The van der Waals surface area contributed by atoms with E-state index in [1.54, 1.807) is 0 Å². The van der Waals surface area contributed by atoms with Crippen LogP contribution >= 0.6 is 0 Å². The van der Waals surface area contributed by atoms with E-state index in [2.05, 4.69) is 28.3 Å². The van der Waals surface area contributed by atoms with E-state index in [1.807, 2.05) is 57.4 Å². The lowest BCUT2D eigenvalue weighted by atomic mass is 9.71. The van der Waals surface area contributed by atoms with Crippen molar-refractivity contribution in [1.29, 1.82) is 0 Å². The minimum atomic E-state index is -0.459. The van der Waals surface area contributed by atoms with E-state index in [9.17, 15) is 4.79 Å². The number of benzene rings is 1. The Balaban J connectivity index is 1.26. The molecule has 1 unspecified atom stereocenters. The number of rotatable bonds is 8. The fourth-order valence-corrected chi connectivity index (χ4v) is 5.71. The van der Waals surface area contributed by atoms with Gasteiger partial charge in [0, 0.05) is 30.1 Å². The molecule has 2 aromatic rings. The van der Waals surface area contributed by atoms with Crippen LogP contribution in [0.1, 0.15) is 90.2 Å². The summed E-state index contributed by atoms with van der Waals surface area (Å²) >= 11 is 0. The van der Waals surface area contributed by atoms with Crippen molar-refractivity contribution in [3.63, 3.8) is 0 Å². The molecule has 194 valence electrons. The molecule has 4 rings (SSSR count). The van der Waals surface area contributed by atoms with Crippen LogP contribution in [0.25, 0.3) is 17.0 Å². The van der Waals surface area contributed by atoms with Crippen LogP contribution in [0.5, 0.6) is 0 Å². The maximum absolute atomic E-state index is 11.8. The van der Waals surface area contributed by atoms with Gasteiger partial charge >= 0.3 is 5.97 Å². The van der Waals surface area contributed by atoms with Crippen LogP contribution in [0, 0.1) is 17.8 Å². The van der Waals surface area contributed by atoms with Crippen LogP contribution in [-0.2, 0) is 16.1 Å². The van der Waals surface area contributed by atoms with Crippen molar-refractivity contribution in [3.05, 3.63) is 53.9 Å². The van der Waals surface area contributed by atoms with Gasteiger partial charge in [0.1, 0.15) is 5.60 Å². The average molecular weight is 490 g/mol. The summed E-state index contributed by atoms with van der Waals surface area (Å²) in [5.41, 5.74) is 4.21. The highest BCUT2D eigenvalue weighted by Gasteiger charge is 2.28. The van der Waals surface area contributed by atoms with Gasteiger partial charge in [-0.3, -0.25) is 4.79 Å². The van der Waals surface area contributed by atoms with E-state index in [4.69, 9.17) is 4.74 Å². The predicted octanol–water partition coefficient (Wildman–Crippen LogP) is 6.97. The van der Waals surface area contributed by atoms with Gasteiger partial charge in [-0.1, -0.05) is 56.5 Å². The first-order valence-corrected chi connectivity index (χ1v) is 13.8. The molecule has 0 amide bonds. The molecule has 1 aromatic heterocycles. The SMILES string of the molecule is CCC1CCC(C2CC=C(c3cnc(-c4ccc(CNCC(=O)OC(C)(C)C)cc4)nc3)CC2)CC1. The Kier molecular flexibility index (Phi) is 8.95. The Morgan fingerprint density at radius 3 is 2.25 bits per heavy atom. The highest BCUT2D eigenvalue weighted by Crippen LogP contribution is 2.41. The summed E-state index contributed by atoms with van der Waals surface area (Å²) in [5.74, 6) is 3.27. The third-order valence-corrected chi connectivity index (χ3v) is 7.84. The molecule has 1 heterocycles. The number of esters is 1. The molecule has 0 radical (unpaired) electrons. The van der Waals surface area contributed by atoms with Gasteiger partial charge in [-0.05, 0) is 81.8 Å². The second-order valence-corrected chi connectivity index (χ2v) is 11.6. The van der Waals surface area contributed by atoms with Gasteiger partial charge in [0.2, 0.25) is 0 Å². The lowest BCUT2D eigenvalue weighted by Crippen LogP contribution is -2.31. The summed E-state index contributed by atoms with van der Waals surface area (Å²) in [4.78, 5) is 21.2. The topological polar surface area (TPSA) is 64.1 Å². The number of allylic oxidation sites excluding steroid dienone is 2. The molecule has 1 aromatic carbocycles. The fraction of sp³-hybridized carbons (Fsp3) is 0.581. The minimum Gasteiger partial charge on any atom is -0.459 e. The molecule has 2 aliphatic rings. The molecule has 1 N–H and O–H groups in total. The van der Waals surface area contributed by atoms with Crippen molar-refractivity contribution in [2.45, 2.75) is 91.2 Å². The predicted molar refractivity (Wildman–Crippen MR) is 146 cm³/mol. The third kappa shape index (κ3) is 7.49. The molecule has 5 heteroatoms. The molecular weight excluding hydrogens is 446 g/mol. The van der Waals surface area contributed by atoms with E-state index in [-0.39, 0.29) is 12.5 Å². The maximum Gasteiger partial charge on any atom is 0.320 e. The Labute approximate surface area is 217 Å². The molecule has 0 bridgehead atoms. The van der Waals surface area contributed by atoms with Crippen LogP contribution in [0.15, 0.2) is 42.7 Å². The Hall–Kier alpha value is -2.53. The van der Waals surface area contributed by atoms with Crippen LogP contribution in [-0.4, -0.2) is 28.1 Å². The molecule has 1 atom stereocenters. The van der Waals surface area contributed by atoms with E-state index in [1.165, 1.54) is 50.5 Å². The highest BCUT2D eigenvalue weighted by molar-refractivity contribution is 5.72. The quantitative estimate of drug-likeness (QED) is 0.406. The molecule has 1 saturated carbocycles. The van der Waals surface area contributed by atoms with Crippen molar-refractivity contribution in [1.82, 2.24) is 15.3 Å². The first-order chi connectivity index (χ1) is 17.3. The molecule has 1 fully saturated rings. The van der Waals surface area contributed by atoms with Gasteiger partial charge in [0.25, 0.3) is 0 Å². The lowest BCUT2D eigenvalue weighted by molar-refractivity contribution is -0.153. The number of carbonyl (C=O) groups is 1. The number of hydrogen-bond acceptors (Lipinski definition) is 5. The smallest absolute Gasteiger partial charge is 0.320 e. The summed E-state index contributed by atoms with van der Waals surface area (Å²) in [6.45, 7) is 8.77. The van der Waals surface area contributed by atoms with Gasteiger partial charge in [-0.2, -0.15) is 0 Å². The van der Waals surface area contributed by atoms with Gasteiger partial charge in [-0.25, -0.2) is 9.97 Å². The van der Waals surface area contributed by atoms with Crippen LogP contribution < -0.4 is 5.32 Å². The molecule has 36 heavy (non-hydrogen) atoms. The third-order valence-electron chi connectivity index (χ3n) is 7.84. The molecule has 0 spiro atoms. The van der Waals surface area contributed by atoms with Crippen molar-refractivity contribution in [2.24, 2.45) is 17.8 Å². The summed E-state index contributed by atoms with van der Waals surface area (Å²) < 4.78 is 5.32. The number of nitrogens with one attached hydrogen (secondary N) is 1. The molecular formula is C31H43N3O2. The van der Waals surface area contributed by atoms with Crippen molar-refractivity contribution < 1.29 is 9.53 Å². The van der Waals surface area contributed by atoms with E-state index < -0.39 is 5.60 Å². The first-order valence-electron chi connectivity index (χ1n) is 13.8. The largest absolute Gasteiger partial charge is 0.459 e. The number of hydrogen-bond donors (Lipinski definition) is 1. The van der Waals surface area contributed by atoms with E-state index >= 15 is 0 Å². The number of aromatic nitrogens is 2. The summed E-state index contributed by atoms with van der Waals surface area (Å²) in [7, 11) is 0. The zero-order valence-corrected chi connectivity index (χ0v) is 22.6. The minimum absolute atomic E-state index is 0.195. The van der Waals surface area contributed by atoms with Gasteiger partial charge in [-0.15, -0.1) is 0 Å². The number of ether oxygens (including phenoxy) is 1. The zero-order valence-electron chi connectivity index (χ0n) is 22.6. The number of nitrogens with zero attached hydrogens (tertiary/aromatic N) is 2. The van der Waals surface area contributed by atoms with Crippen LogP contribution in [0.2, 0.25) is 0 Å². The Bertz CT molecular complexity index is 1010. The summed E-state index contributed by atoms with van der Waals surface area (Å²) in [6, 6.07) is 8.17. The van der Waals surface area contributed by atoms with Gasteiger partial charge < -0.3 is 10.1 Å². The van der Waals surface area contributed by atoms with Crippen LogP contribution in [0.4, 0.5) is 0 Å². The van der Waals surface area contributed by atoms with E-state index in [0.29, 0.717) is 6.54 Å². The molecule has 0 saturated heterocycles. The molecule has 2 aliphatic carbocycles. The highest BCUT2D eigenvalue weighted by atomic mass is 16.6. The van der Waals surface area contributed by atoms with Crippen LogP contribution in [0.3, 0.4) is 0 Å². The summed E-state index contributed by atoms with van der Waals surface area (Å²) in [5, 5.41) is 3.14. The van der Waals surface area contributed by atoms with Crippen molar-refractivity contribution in [2.75, 3.05) is 6.54 Å². The lowest BCUT2D eigenvalue weighted by Gasteiger charge is -2.35. The maximum atomic E-state index is 11.8. The van der Waals surface area contributed by atoms with E-state index in [0.717, 1.165) is 46.7 Å². The standard InChI is InChI=1S/C31H43N3O2/c1-5-22-6-10-24(11-7-22)25-14-16-26(17-15-25)28-19-33-30(34-20-28)27-12-8-23(9-13-27)18-32-21-29(35)36-31(2,3)4/h8-9,12-13,16,19-20,22,24-25,32H,5-7,10-11,14-15,17-18,21H2,1-4H3. The molecule has 5 nitrogen and oxygen atoms in total. The van der Waals surface area contributed by atoms with Gasteiger partial charge in [0.15, 0.2) is 5.82 Å². The zero-order chi connectivity index (χ0) is 25.5.